The molecule has 0 amide bonds. The van der Waals surface area contributed by atoms with Crippen LogP contribution in [0.4, 0.5) is 0 Å². The molecule has 1 atom stereocenters. The van der Waals surface area contributed by atoms with E-state index in [0.717, 1.165) is 4.90 Å². The molecule has 72 heteroatoms. The Labute approximate surface area is 548 Å². The molecule has 0 rings (SSSR count). The molecule has 0 radical (unpaired) electrons. The number of rotatable bonds is 47. The summed E-state index contributed by atoms with van der Waals surface area (Å²) in [5, 5.41) is 10.6. The second-order valence-electron chi connectivity index (χ2n) is 20.8. The molecule has 56 nitrogen and oxygen atoms in total. The van der Waals surface area contributed by atoms with Crippen LogP contribution in [-0.2, 0) is 77.8 Å². The minimum Gasteiger partial charge on any atom is -0.480 e. The van der Waals surface area contributed by atoms with Crippen LogP contribution in [0.1, 0.15) is 44.9 Å². The van der Waals surface area contributed by atoms with Crippen LogP contribution in [0.2, 0.25) is 0 Å². The SMILES string of the molecule is O=C(O)[C@H](CCCCN(CCCN(C(P(=O)(O)O)P(=O)(O)O)C(P(=O)(O)O)P(=O)(O)O)CCCN(C(P(=O)(O)O)P(=O)(O)O)C(P(=O)(O)O)P(=O)(O)O)N(CCCN(C(P(=O)(O)O)P(=O)(O)O)C(P(=O)(O)O)P(=O)(O)O)CCCN(C(P(=O)(O)O)P(=O)(O)O)C(P(=O)(O)O)P(=O)(O)O. The van der Waals surface area contributed by atoms with Gasteiger partial charge in [-0.1, -0.05) is 6.42 Å². The van der Waals surface area contributed by atoms with Crippen LogP contribution in [0.5, 0.6) is 0 Å². The Morgan fingerprint density at radius 1 is 0.214 bits per heavy atom. The van der Waals surface area contributed by atoms with E-state index in [1.54, 1.807) is 0 Å². The third kappa shape index (κ3) is 32.1. The van der Waals surface area contributed by atoms with Crippen LogP contribution >= 0.6 is 122 Å². The van der Waals surface area contributed by atoms with E-state index in [1.165, 1.54) is 0 Å². The summed E-state index contributed by atoms with van der Waals surface area (Å²) in [4.78, 5) is 330. The smallest absolute Gasteiger partial charge is 0.355 e. The van der Waals surface area contributed by atoms with E-state index in [4.69, 9.17) is 0 Å². The van der Waals surface area contributed by atoms with Crippen molar-refractivity contribution in [2.75, 3.05) is 58.9 Å². The van der Waals surface area contributed by atoms with Gasteiger partial charge in [-0.2, -0.15) is 0 Å². The number of nitrogens with zero attached hydrogens (tertiary/aromatic N) is 6. The maximum absolute atomic E-state index is 13.2. The molecule has 588 valence electrons. The molecule has 0 bridgehead atoms. The highest BCUT2D eigenvalue weighted by atomic mass is 31.3. The largest absolute Gasteiger partial charge is 0.480 e. The number of hydrogen-bond acceptors (Lipinski definition) is 23. The van der Waals surface area contributed by atoms with Gasteiger partial charge in [-0.3, -0.25) is 102 Å². The molecule has 0 aliphatic carbocycles. The zero-order valence-electron chi connectivity index (χ0n) is 48.5. The molecular formula is C26H74N6O50P16. The molecule has 0 fully saturated rings. The van der Waals surface area contributed by atoms with E-state index in [1.807, 2.05) is 0 Å². The van der Waals surface area contributed by atoms with Gasteiger partial charge in [-0.25, -0.2) is 0 Å². The first-order valence-corrected chi connectivity index (χ1v) is 52.2. The van der Waals surface area contributed by atoms with Gasteiger partial charge < -0.3 is 167 Å². The first-order chi connectivity index (χ1) is 42.7. The van der Waals surface area contributed by atoms with E-state index in [0.29, 0.717) is 4.90 Å². The molecule has 0 aromatic rings. The Balaban J connectivity index is 8.59. The fourth-order valence-corrected chi connectivity index (χ4v) is 34.2. The summed E-state index contributed by atoms with van der Waals surface area (Å²) in [7, 11) is -105. The van der Waals surface area contributed by atoms with Gasteiger partial charge in [0.25, 0.3) is 0 Å². The third-order valence-corrected chi connectivity index (χ3v) is 41.4. The maximum Gasteiger partial charge on any atom is 0.355 e. The number of carbonyl (C=O) groups is 1. The second-order valence-corrected chi connectivity index (χ2v) is 50.7. The van der Waals surface area contributed by atoms with Gasteiger partial charge in [-0.05, 0) is 58.2 Å². The van der Waals surface area contributed by atoms with Crippen LogP contribution in [-0.4, -0.2) is 306 Å². The van der Waals surface area contributed by atoms with Gasteiger partial charge in [0.15, 0.2) is 0 Å². The first kappa shape index (κ1) is 99.6. The van der Waals surface area contributed by atoms with E-state index in [2.05, 4.69) is 0 Å². The molecule has 0 aromatic heterocycles. The lowest BCUT2D eigenvalue weighted by Gasteiger charge is -2.39. The van der Waals surface area contributed by atoms with Crippen LogP contribution in [0.25, 0.3) is 0 Å². The van der Waals surface area contributed by atoms with Gasteiger partial charge in [-0.15, -0.1) is 0 Å². The van der Waals surface area contributed by atoms with Gasteiger partial charge >= 0.3 is 128 Å². The molecule has 0 aromatic carbocycles. The minimum atomic E-state index is -6.62. The van der Waals surface area contributed by atoms with E-state index < -0.39 is 301 Å². The number of unbranched alkanes of at least 4 members (excludes halogenated alkanes) is 1. The highest BCUT2D eigenvalue weighted by Gasteiger charge is 2.63. The Hall–Kier alpha value is 1.63. The van der Waals surface area contributed by atoms with Crippen molar-refractivity contribution in [2.45, 2.75) is 95.2 Å². The van der Waals surface area contributed by atoms with Gasteiger partial charge in [0.2, 0.25) is 44.2 Å². The van der Waals surface area contributed by atoms with Gasteiger partial charge in [0.1, 0.15) is 6.04 Å². The Bertz CT molecular complexity index is 2940. The molecule has 98 heavy (non-hydrogen) atoms. The van der Waals surface area contributed by atoms with E-state index >= 15 is 0 Å². The maximum atomic E-state index is 13.2. The van der Waals surface area contributed by atoms with Crippen molar-refractivity contribution in [3.05, 3.63) is 0 Å². The average molecular weight is 1770 g/mol. The van der Waals surface area contributed by atoms with Crippen LogP contribution in [0.3, 0.4) is 0 Å². The van der Waals surface area contributed by atoms with Crippen molar-refractivity contribution in [3.63, 3.8) is 0 Å². The first-order valence-electron chi connectivity index (χ1n) is 25.2. The molecule has 33 N–H and O–H groups in total. The van der Waals surface area contributed by atoms with Crippen LogP contribution in [0, 0.1) is 0 Å². The number of carboxylic acid groups (broad SMARTS) is 1. The predicted octanol–water partition coefficient (Wildman–Crippen LogP) is -5.91. The highest BCUT2D eigenvalue weighted by Crippen LogP contribution is 2.73. The Kier molecular flexibility index (Phi) is 36.6. The van der Waals surface area contributed by atoms with Crippen LogP contribution in [0.15, 0.2) is 0 Å². The second kappa shape index (κ2) is 36.0. The monoisotopic (exact) mass is 1770 g/mol. The normalized spacial score (nSPS) is 15.7. The Morgan fingerprint density at radius 2 is 0.357 bits per heavy atom. The van der Waals surface area contributed by atoms with Crippen molar-refractivity contribution in [3.8, 4) is 0 Å². The lowest BCUT2D eigenvalue weighted by molar-refractivity contribution is -0.143. The fourth-order valence-electron chi connectivity index (χ4n) is 9.82. The molecule has 0 saturated carbocycles. The molecule has 0 saturated heterocycles. The summed E-state index contributed by atoms with van der Waals surface area (Å²) >= 11 is 0. The van der Waals surface area contributed by atoms with E-state index in [-0.39, 0.29) is 0 Å². The van der Waals surface area contributed by atoms with Crippen molar-refractivity contribution in [1.82, 2.24) is 29.4 Å². The van der Waals surface area contributed by atoms with Crippen molar-refractivity contribution >= 4 is 128 Å². The lowest BCUT2D eigenvalue weighted by atomic mass is 10.1. The van der Waals surface area contributed by atoms with E-state index in [9.17, 15) is 240 Å². The summed E-state index contributed by atoms with van der Waals surface area (Å²) in [5.41, 5.74) is -31.1. The minimum absolute atomic E-state index is 0.412. The molecule has 0 heterocycles. The number of hydrogen-bond donors (Lipinski definition) is 33. The molecule has 0 aliphatic rings. The standard InChI is InChI=1S/C26H74N6O50P16/c33-18(34)17(28(11-5-15-31(23(91(59,60)61)92(62,63)64)24(93(65,66)67)94(68,69)70)12-6-16-32(25(95(71,72)73)96(74,75)76)26(97(77,78)79)98(80,81)82)7-1-2-8-27(9-3-13-29(19(83(35,36)37)84(38,39)40)20(85(41,42)43)86(44,45)46)10-4-14-30(21(87(47,48)49)88(50,51)52)22(89(53,54)55)90(56,57)58/h17,19-26H,1-16H2,(H,33,34)(H2,35,36,37)(H2,38,39,40)(H2,41,42,43)(H2,44,45,46)(H2,47,48,49)(H2,50,51,52)(H2,53,54,55)(H2,56,57,58)(H2,59,60,61)(H2,62,63,64)(H2,65,66,67)(H2,68,69,70)(H2,71,72,73)(H2,74,75,76)(H2,77,78,79)(H2,80,81,82)/t17-/m0/s1. The molecular weight excluding hydrogens is 1690 g/mol. The van der Waals surface area contributed by atoms with Gasteiger partial charge in [0.05, 0.1) is 0 Å². The quantitative estimate of drug-likeness (QED) is 0.0199. The predicted molar refractivity (Wildman–Crippen MR) is 322 cm³/mol. The summed E-state index contributed by atoms with van der Waals surface area (Å²) in [6, 6.07) is -2.39. The summed E-state index contributed by atoms with van der Waals surface area (Å²) < 4.78 is 200. The van der Waals surface area contributed by atoms with Crippen LogP contribution < -0.4 is 0 Å². The zero-order valence-corrected chi connectivity index (χ0v) is 62.9. The number of carboxylic acids is 1. The summed E-state index contributed by atoms with van der Waals surface area (Å²) in [5.74, 6) is -2.17. The summed E-state index contributed by atoms with van der Waals surface area (Å²) in [6.45, 7) is -12.6. The zero-order chi connectivity index (χ0) is 78.6. The molecule has 0 spiro atoms. The number of aliphatic carboxylic acids is 1. The van der Waals surface area contributed by atoms with Gasteiger partial charge in [0, 0.05) is 39.3 Å². The molecule has 0 unspecified atom stereocenters. The lowest BCUT2D eigenvalue weighted by Crippen LogP contribution is -2.47. The average Bonchev–Trinajstić information content (AvgIpc) is 0.783. The van der Waals surface area contributed by atoms with Crippen molar-refractivity contribution < 1.29 is 240 Å². The Morgan fingerprint density at radius 3 is 0.500 bits per heavy atom. The third-order valence-electron chi connectivity index (χ3n) is 12.6. The fraction of sp³-hybridized carbons (Fsp3) is 0.962. The highest BCUT2D eigenvalue weighted by molar-refractivity contribution is 7.75. The summed E-state index contributed by atoms with van der Waals surface area (Å²) in [6.07, 6.45) is -7.60. The van der Waals surface area contributed by atoms with Crippen molar-refractivity contribution in [1.29, 1.82) is 0 Å². The topological polar surface area (TPSA) is 977 Å². The van der Waals surface area contributed by atoms with Crippen molar-refractivity contribution in [2.24, 2.45) is 0 Å². The molecule has 0 aliphatic heterocycles.